The number of hydrogen-bond donors (Lipinski definition) is 0. The molecule has 1 aliphatic rings. The minimum absolute atomic E-state index is 0.774. The molecule has 2 aromatic rings. The molecule has 0 amide bonds. The van der Waals surface area contributed by atoms with E-state index in [9.17, 15) is 0 Å². The SMILES string of the molecule is CCCCCCCC1CCc2nc(-c3ccc(OCCC)cc3)ccc2C1. The number of aromatic nitrogens is 1. The third-order valence-corrected chi connectivity index (χ3v) is 5.71. The lowest BCUT2D eigenvalue weighted by atomic mass is 9.83. The first-order valence-corrected chi connectivity index (χ1v) is 11.0. The van der Waals surface area contributed by atoms with Crippen molar-refractivity contribution in [1.29, 1.82) is 0 Å². The molecule has 1 aromatic carbocycles. The summed E-state index contributed by atoms with van der Waals surface area (Å²) in [6, 6.07) is 12.9. The third-order valence-electron chi connectivity index (χ3n) is 5.71. The van der Waals surface area contributed by atoms with Crippen LogP contribution >= 0.6 is 0 Å². The standard InChI is InChI=1S/C25H35NO/c1-3-5-6-7-8-9-20-10-16-25-22(19-20)13-17-24(26-25)21-11-14-23(15-12-21)27-18-4-2/h11-15,17,20H,3-10,16,18-19H2,1-2H3. The van der Waals surface area contributed by atoms with Crippen molar-refractivity contribution in [1.82, 2.24) is 4.98 Å². The molecule has 27 heavy (non-hydrogen) atoms. The van der Waals surface area contributed by atoms with Gasteiger partial charge in [-0.3, -0.25) is 4.98 Å². The maximum atomic E-state index is 5.68. The van der Waals surface area contributed by atoms with Gasteiger partial charge in [0.15, 0.2) is 0 Å². The van der Waals surface area contributed by atoms with Crippen LogP contribution in [0.15, 0.2) is 36.4 Å². The largest absolute Gasteiger partial charge is 0.494 e. The van der Waals surface area contributed by atoms with E-state index in [0.29, 0.717) is 0 Å². The van der Waals surface area contributed by atoms with Crippen LogP contribution in [0.5, 0.6) is 5.75 Å². The summed E-state index contributed by atoms with van der Waals surface area (Å²) < 4.78 is 5.68. The fraction of sp³-hybridized carbons (Fsp3) is 0.560. The molecular formula is C25H35NO. The molecule has 0 saturated heterocycles. The van der Waals surface area contributed by atoms with Gasteiger partial charge < -0.3 is 4.74 Å². The fourth-order valence-electron chi connectivity index (χ4n) is 4.07. The summed E-state index contributed by atoms with van der Waals surface area (Å²) in [6.07, 6.45) is 13.0. The Bertz CT molecular complexity index is 692. The zero-order valence-corrected chi connectivity index (χ0v) is 17.2. The van der Waals surface area contributed by atoms with Gasteiger partial charge in [0.1, 0.15) is 5.75 Å². The quantitative estimate of drug-likeness (QED) is 0.423. The minimum Gasteiger partial charge on any atom is -0.494 e. The summed E-state index contributed by atoms with van der Waals surface area (Å²) in [6.45, 7) is 5.19. The first-order valence-electron chi connectivity index (χ1n) is 11.0. The van der Waals surface area contributed by atoms with Crippen molar-refractivity contribution in [2.75, 3.05) is 6.61 Å². The lowest BCUT2D eigenvalue weighted by Crippen LogP contribution is -2.15. The van der Waals surface area contributed by atoms with Gasteiger partial charge in [-0.25, -0.2) is 0 Å². The predicted octanol–water partition coefficient (Wildman–Crippen LogP) is 7.00. The second kappa shape index (κ2) is 10.5. The summed E-state index contributed by atoms with van der Waals surface area (Å²) in [4.78, 5) is 4.99. The Kier molecular flexibility index (Phi) is 7.74. The summed E-state index contributed by atoms with van der Waals surface area (Å²) in [7, 11) is 0. The van der Waals surface area contributed by atoms with E-state index in [2.05, 4.69) is 50.2 Å². The topological polar surface area (TPSA) is 22.1 Å². The Morgan fingerprint density at radius 2 is 1.74 bits per heavy atom. The number of pyridine rings is 1. The molecule has 1 aromatic heterocycles. The Morgan fingerprint density at radius 3 is 2.52 bits per heavy atom. The Hall–Kier alpha value is -1.83. The van der Waals surface area contributed by atoms with Gasteiger partial charge >= 0.3 is 0 Å². The second-order valence-electron chi connectivity index (χ2n) is 7.99. The molecule has 0 N–H and O–H groups in total. The highest BCUT2D eigenvalue weighted by molar-refractivity contribution is 5.60. The number of ether oxygens (including phenoxy) is 1. The molecule has 0 spiro atoms. The van der Waals surface area contributed by atoms with Gasteiger partial charge in [0.05, 0.1) is 12.3 Å². The van der Waals surface area contributed by atoms with Gasteiger partial charge in [-0.2, -0.15) is 0 Å². The Morgan fingerprint density at radius 1 is 0.926 bits per heavy atom. The van der Waals surface area contributed by atoms with Crippen molar-refractivity contribution in [3.8, 4) is 17.0 Å². The van der Waals surface area contributed by atoms with E-state index in [1.54, 1.807) is 0 Å². The fourth-order valence-corrected chi connectivity index (χ4v) is 4.07. The molecular weight excluding hydrogens is 330 g/mol. The molecule has 0 saturated carbocycles. The van der Waals surface area contributed by atoms with Crippen molar-refractivity contribution >= 4 is 0 Å². The van der Waals surface area contributed by atoms with Crippen LogP contribution in [0.25, 0.3) is 11.3 Å². The van der Waals surface area contributed by atoms with Gasteiger partial charge in [-0.05, 0) is 67.5 Å². The number of aryl methyl sites for hydroxylation is 1. The van der Waals surface area contributed by atoms with Crippen LogP contribution in [0.3, 0.4) is 0 Å². The number of unbranched alkanes of at least 4 members (excludes halogenated alkanes) is 4. The zero-order chi connectivity index (χ0) is 18.9. The van der Waals surface area contributed by atoms with Gasteiger partial charge in [-0.15, -0.1) is 0 Å². The van der Waals surface area contributed by atoms with E-state index >= 15 is 0 Å². The van der Waals surface area contributed by atoms with E-state index in [4.69, 9.17) is 9.72 Å². The first kappa shape index (κ1) is 19.9. The molecule has 0 bridgehead atoms. The van der Waals surface area contributed by atoms with E-state index in [1.165, 1.54) is 68.2 Å². The third kappa shape index (κ3) is 5.82. The Labute approximate surface area is 165 Å². The average Bonchev–Trinajstić information content (AvgIpc) is 2.72. The molecule has 0 radical (unpaired) electrons. The van der Waals surface area contributed by atoms with Crippen LogP contribution in [0.1, 0.15) is 76.5 Å². The highest BCUT2D eigenvalue weighted by atomic mass is 16.5. The van der Waals surface area contributed by atoms with Gasteiger partial charge in [0, 0.05) is 11.3 Å². The van der Waals surface area contributed by atoms with Crippen molar-refractivity contribution in [3.05, 3.63) is 47.7 Å². The van der Waals surface area contributed by atoms with Crippen LogP contribution in [-0.2, 0) is 12.8 Å². The number of hydrogen-bond acceptors (Lipinski definition) is 2. The van der Waals surface area contributed by atoms with E-state index < -0.39 is 0 Å². The molecule has 3 rings (SSSR count). The molecule has 1 unspecified atom stereocenters. The van der Waals surface area contributed by atoms with Gasteiger partial charge in [0.2, 0.25) is 0 Å². The van der Waals surface area contributed by atoms with Gasteiger partial charge in [0.25, 0.3) is 0 Å². The van der Waals surface area contributed by atoms with Crippen LogP contribution in [0.4, 0.5) is 0 Å². The zero-order valence-electron chi connectivity index (χ0n) is 17.2. The molecule has 1 atom stereocenters. The van der Waals surface area contributed by atoms with Crippen LogP contribution in [0.2, 0.25) is 0 Å². The molecule has 1 aliphatic carbocycles. The first-order chi connectivity index (χ1) is 13.3. The maximum absolute atomic E-state index is 5.68. The van der Waals surface area contributed by atoms with Crippen LogP contribution in [0, 0.1) is 5.92 Å². The summed E-state index contributed by atoms with van der Waals surface area (Å²) in [5.74, 6) is 1.81. The number of benzene rings is 1. The number of rotatable bonds is 10. The van der Waals surface area contributed by atoms with Crippen molar-refractivity contribution in [2.24, 2.45) is 5.92 Å². The van der Waals surface area contributed by atoms with E-state index in [0.717, 1.165) is 36.8 Å². The monoisotopic (exact) mass is 365 g/mol. The predicted molar refractivity (Wildman–Crippen MR) is 114 cm³/mol. The highest BCUT2D eigenvalue weighted by Gasteiger charge is 2.19. The van der Waals surface area contributed by atoms with Crippen molar-refractivity contribution < 1.29 is 4.74 Å². The molecule has 2 nitrogen and oxygen atoms in total. The van der Waals surface area contributed by atoms with Crippen molar-refractivity contribution in [2.45, 2.75) is 78.1 Å². The molecule has 0 fully saturated rings. The Balaban J connectivity index is 1.56. The average molecular weight is 366 g/mol. The lowest BCUT2D eigenvalue weighted by molar-refractivity contribution is 0.317. The maximum Gasteiger partial charge on any atom is 0.119 e. The molecule has 146 valence electrons. The second-order valence-corrected chi connectivity index (χ2v) is 7.99. The number of nitrogens with zero attached hydrogens (tertiary/aromatic N) is 1. The highest BCUT2D eigenvalue weighted by Crippen LogP contribution is 2.30. The normalized spacial score (nSPS) is 16.1. The molecule has 1 heterocycles. The summed E-state index contributed by atoms with van der Waals surface area (Å²) in [5.41, 5.74) is 5.07. The van der Waals surface area contributed by atoms with Crippen LogP contribution in [-0.4, -0.2) is 11.6 Å². The molecule has 0 aliphatic heterocycles. The lowest BCUT2D eigenvalue weighted by Gasteiger charge is -2.24. The number of fused-ring (bicyclic) bond motifs is 1. The van der Waals surface area contributed by atoms with E-state index in [-0.39, 0.29) is 0 Å². The minimum atomic E-state index is 0.774. The van der Waals surface area contributed by atoms with Crippen LogP contribution < -0.4 is 4.74 Å². The smallest absolute Gasteiger partial charge is 0.119 e. The van der Waals surface area contributed by atoms with E-state index in [1.807, 2.05) is 0 Å². The summed E-state index contributed by atoms with van der Waals surface area (Å²) in [5, 5.41) is 0. The van der Waals surface area contributed by atoms with Crippen molar-refractivity contribution in [3.63, 3.8) is 0 Å². The molecule has 2 heteroatoms. The summed E-state index contributed by atoms with van der Waals surface area (Å²) >= 11 is 0. The van der Waals surface area contributed by atoms with Gasteiger partial charge in [-0.1, -0.05) is 58.4 Å².